The van der Waals surface area contributed by atoms with Crippen LogP contribution in [-0.2, 0) is 16.1 Å². The van der Waals surface area contributed by atoms with E-state index in [4.69, 9.17) is 13.9 Å². The van der Waals surface area contributed by atoms with Gasteiger partial charge < -0.3 is 19.2 Å². The molecular weight excluding hydrogens is 298 g/mol. The van der Waals surface area contributed by atoms with Crippen LogP contribution >= 0.6 is 0 Å². The molecule has 0 spiro atoms. The predicted molar refractivity (Wildman–Crippen MR) is 83.9 cm³/mol. The average Bonchev–Trinajstić information content (AvgIpc) is 3.10. The van der Waals surface area contributed by atoms with Crippen LogP contribution in [0, 0.1) is 0 Å². The molecule has 1 amide bonds. The zero-order valence-corrected chi connectivity index (χ0v) is 12.9. The molecule has 0 saturated carbocycles. The highest BCUT2D eigenvalue weighted by Gasteiger charge is 2.13. The van der Waals surface area contributed by atoms with Crippen molar-refractivity contribution < 1.29 is 23.5 Å². The van der Waals surface area contributed by atoms with E-state index in [9.17, 15) is 9.59 Å². The van der Waals surface area contributed by atoms with Crippen molar-refractivity contribution in [3.8, 4) is 5.75 Å². The smallest absolute Gasteiger partial charge is 0.341 e. The topological polar surface area (TPSA) is 77.8 Å². The maximum Gasteiger partial charge on any atom is 0.341 e. The van der Waals surface area contributed by atoms with Gasteiger partial charge in [0.15, 0.2) is 0 Å². The fourth-order valence-electron chi connectivity index (χ4n) is 1.93. The lowest BCUT2D eigenvalue weighted by molar-refractivity contribution is -0.116. The van der Waals surface area contributed by atoms with Crippen molar-refractivity contribution in [2.45, 2.75) is 6.54 Å². The third-order valence-corrected chi connectivity index (χ3v) is 3.08. The monoisotopic (exact) mass is 315 g/mol. The zero-order valence-electron chi connectivity index (χ0n) is 12.9. The van der Waals surface area contributed by atoms with E-state index in [0.717, 1.165) is 5.56 Å². The summed E-state index contributed by atoms with van der Waals surface area (Å²) in [6, 6.07) is 8.54. The zero-order chi connectivity index (χ0) is 16.7. The summed E-state index contributed by atoms with van der Waals surface area (Å²) in [7, 11) is 2.78. The molecule has 0 aliphatic heterocycles. The van der Waals surface area contributed by atoms with Gasteiger partial charge in [-0.25, -0.2) is 4.79 Å². The fourth-order valence-corrected chi connectivity index (χ4v) is 1.93. The molecule has 0 unspecified atom stereocenters. The van der Waals surface area contributed by atoms with E-state index in [1.807, 2.05) is 0 Å². The number of ether oxygens (including phenoxy) is 2. The van der Waals surface area contributed by atoms with Crippen LogP contribution in [0.15, 0.2) is 47.1 Å². The van der Waals surface area contributed by atoms with Crippen LogP contribution in [-0.4, -0.2) is 26.1 Å². The van der Waals surface area contributed by atoms with Crippen molar-refractivity contribution in [1.82, 2.24) is 5.32 Å². The molecule has 0 aliphatic carbocycles. The molecule has 120 valence electrons. The lowest BCUT2D eigenvalue weighted by atomic mass is 10.1. The Kier molecular flexibility index (Phi) is 5.57. The first-order valence-corrected chi connectivity index (χ1v) is 6.88. The minimum absolute atomic E-state index is 0.267. The number of rotatable bonds is 6. The molecule has 23 heavy (non-hydrogen) atoms. The number of amides is 1. The largest absolute Gasteiger partial charge is 0.496 e. The van der Waals surface area contributed by atoms with Crippen LogP contribution in [0.25, 0.3) is 6.08 Å². The molecule has 6 nitrogen and oxygen atoms in total. The molecule has 1 N–H and O–H groups in total. The standard InChI is InChI=1S/C17H17NO5/c1-21-15-7-5-12(10-14(15)17(20)22-2)11-18-16(19)8-6-13-4-3-9-23-13/h3-10H,11H2,1-2H3,(H,18,19). The van der Waals surface area contributed by atoms with Crippen molar-refractivity contribution in [3.63, 3.8) is 0 Å². The Hall–Kier alpha value is -3.02. The summed E-state index contributed by atoms with van der Waals surface area (Å²) >= 11 is 0. The second-order valence-electron chi connectivity index (χ2n) is 4.59. The molecule has 2 rings (SSSR count). The summed E-state index contributed by atoms with van der Waals surface area (Å²) < 4.78 is 14.9. The van der Waals surface area contributed by atoms with Gasteiger partial charge >= 0.3 is 5.97 Å². The summed E-state index contributed by atoms with van der Waals surface area (Å²) in [5.74, 6) is 0.256. The summed E-state index contributed by atoms with van der Waals surface area (Å²) in [4.78, 5) is 23.5. The van der Waals surface area contributed by atoms with E-state index in [-0.39, 0.29) is 12.5 Å². The highest BCUT2D eigenvalue weighted by Crippen LogP contribution is 2.20. The van der Waals surface area contributed by atoms with Gasteiger partial charge in [-0.15, -0.1) is 0 Å². The molecule has 1 heterocycles. The molecule has 0 saturated heterocycles. The van der Waals surface area contributed by atoms with Crippen LogP contribution in [0.5, 0.6) is 5.75 Å². The normalized spacial score (nSPS) is 10.5. The number of hydrogen-bond acceptors (Lipinski definition) is 5. The average molecular weight is 315 g/mol. The first-order valence-electron chi connectivity index (χ1n) is 6.88. The minimum atomic E-state index is -0.493. The molecule has 0 radical (unpaired) electrons. The summed E-state index contributed by atoms with van der Waals surface area (Å²) in [6.07, 6.45) is 4.48. The van der Waals surface area contributed by atoms with Gasteiger partial charge in [-0.3, -0.25) is 4.79 Å². The van der Waals surface area contributed by atoms with E-state index in [0.29, 0.717) is 17.1 Å². The number of hydrogen-bond donors (Lipinski definition) is 1. The Labute approximate surface area is 133 Å². The number of nitrogens with one attached hydrogen (secondary N) is 1. The van der Waals surface area contributed by atoms with E-state index in [2.05, 4.69) is 5.32 Å². The Bertz CT molecular complexity index is 704. The van der Waals surface area contributed by atoms with Crippen molar-refractivity contribution in [2.24, 2.45) is 0 Å². The number of carbonyl (C=O) groups is 2. The maximum absolute atomic E-state index is 11.8. The van der Waals surface area contributed by atoms with Crippen LogP contribution in [0.2, 0.25) is 0 Å². The SMILES string of the molecule is COC(=O)c1cc(CNC(=O)C=Cc2ccco2)ccc1OC. The van der Waals surface area contributed by atoms with Gasteiger partial charge in [0, 0.05) is 12.6 Å². The molecule has 2 aromatic rings. The molecule has 1 aromatic heterocycles. The predicted octanol–water partition coefficient (Wildman–Crippen LogP) is 2.40. The highest BCUT2D eigenvalue weighted by atomic mass is 16.5. The van der Waals surface area contributed by atoms with Crippen molar-refractivity contribution >= 4 is 18.0 Å². The van der Waals surface area contributed by atoms with Crippen molar-refractivity contribution in [1.29, 1.82) is 0 Å². The van der Waals surface area contributed by atoms with E-state index in [1.165, 1.54) is 26.6 Å². The Morgan fingerprint density at radius 3 is 2.74 bits per heavy atom. The molecule has 0 atom stereocenters. The number of methoxy groups -OCH3 is 2. The van der Waals surface area contributed by atoms with Crippen LogP contribution < -0.4 is 10.1 Å². The third-order valence-electron chi connectivity index (χ3n) is 3.08. The Morgan fingerprint density at radius 2 is 2.09 bits per heavy atom. The van der Waals surface area contributed by atoms with Gasteiger partial charge in [-0.05, 0) is 35.9 Å². The van der Waals surface area contributed by atoms with Gasteiger partial charge in [0.2, 0.25) is 5.91 Å². The van der Waals surface area contributed by atoms with Gasteiger partial charge in [0.25, 0.3) is 0 Å². The van der Waals surface area contributed by atoms with Gasteiger partial charge in [0.05, 0.1) is 20.5 Å². The number of carbonyl (C=O) groups excluding carboxylic acids is 2. The molecule has 1 aromatic carbocycles. The molecule has 0 fully saturated rings. The summed E-state index contributed by atoms with van der Waals surface area (Å²) in [5, 5.41) is 2.72. The number of benzene rings is 1. The second kappa shape index (κ2) is 7.84. The van der Waals surface area contributed by atoms with Gasteiger partial charge in [0.1, 0.15) is 17.1 Å². The lowest BCUT2D eigenvalue weighted by Gasteiger charge is -2.09. The second-order valence-corrected chi connectivity index (χ2v) is 4.59. The first kappa shape index (κ1) is 16.4. The van der Waals surface area contributed by atoms with Gasteiger partial charge in [-0.2, -0.15) is 0 Å². The molecule has 0 aliphatic rings. The number of esters is 1. The van der Waals surface area contributed by atoms with Crippen molar-refractivity contribution in [3.05, 3.63) is 59.6 Å². The molecule has 6 heteroatoms. The fraction of sp³-hybridized carbons (Fsp3) is 0.176. The third kappa shape index (κ3) is 4.47. The first-order chi connectivity index (χ1) is 11.1. The highest BCUT2D eigenvalue weighted by molar-refractivity contribution is 5.93. The van der Waals surface area contributed by atoms with Crippen molar-refractivity contribution in [2.75, 3.05) is 14.2 Å². The van der Waals surface area contributed by atoms with E-state index in [1.54, 1.807) is 36.4 Å². The van der Waals surface area contributed by atoms with E-state index < -0.39 is 5.97 Å². The number of furan rings is 1. The Balaban J connectivity index is 2.00. The summed E-state index contributed by atoms with van der Waals surface area (Å²) in [5.41, 5.74) is 1.07. The summed E-state index contributed by atoms with van der Waals surface area (Å²) in [6.45, 7) is 0.273. The van der Waals surface area contributed by atoms with Gasteiger partial charge in [-0.1, -0.05) is 6.07 Å². The van der Waals surface area contributed by atoms with Crippen LogP contribution in [0.4, 0.5) is 0 Å². The molecule has 0 bridgehead atoms. The quantitative estimate of drug-likeness (QED) is 0.654. The Morgan fingerprint density at radius 1 is 1.26 bits per heavy atom. The maximum atomic E-state index is 11.8. The molecular formula is C17H17NO5. The van der Waals surface area contributed by atoms with Crippen LogP contribution in [0.3, 0.4) is 0 Å². The van der Waals surface area contributed by atoms with E-state index >= 15 is 0 Å². The minimum Gasteiger partial charge on any atom is -0.496 e. The van der Waals surface area contributed by atoms with Crippen LogP contribution in [0.1, 0.15) is 21.7 Å². The lowest BCUT2D eigenvalue weighted by Crippen LogP contribution is -2.20.